The molecule has 0 aliphatic rings. The minimum Gasteiger partial charge on any atom is -0.481 e. The Kier molecular flexibility index (Phi) is 2.87. The van der Waals surface area contributed by atoms with Crippen LogP contribution in [0.2, 0.25) is 0 Å². The molecule has 70 valence electrons. The number of nitrogens with two attached hydrogens (primary N) is 1. The van der Waals surface area contributed by atoms with Crippen molar-refractivity contribution in [2.24, 2.45) is 0 Å². The van der Waals surface area contributed by atoms with Crippen LogP contribution < -0.4 is 5.73 Å². The quantitative estimate of drug-likeness (QED) is 0.784. The number of nitrogen functional groups attached to an aromatic ring is 1. The van der Waals surface area contributed by atoms with Crippen LogP contribution in [0.4, 0.5) is 10.1 Å². The number of benzene rings is 1. The predicted molar refractivity (Wildman–Crippen MR) is 49.9 cm³/mol. The molecule has 0 heterocycles. The maximum absolute atomic E-state index is 13.2. The number of carboxylic acids is 1. The van der Waals surface area contributed by atoms with E-state index in [4.69, 9.17) is 10.8 Å². The van der Waals surface area contributed by atoms with Crippen LogP contribution in [0, 0.1) is 5.82 Å². The summed E-state index contributed by atoms with van der Waals surface area (Å²) in [5.41, 5.74) is 5.76. The SMILES string of the molecule is Nc1ccc(CC(=O)O)c(F)c1Br. The van der Waals surface area contributed by atoms with Crippen LogP contribution in [0.1, 0.15) is 5.56 Å². The van der Waals surface area contributed by atoms with E-state index in [2.05, 4.69) is 15.9 Å². The van der Waals surface area contributed by atoms with E-state index >= 15 is 0 Å². The van der Waals surface area contributed by atoms with Crippen LogP contribution in [-0.2, 0) is 11.2 Å². The Morgan fingerprint density at radius 3 is 2.77 bits per heavy atom. The lowest BCUT2D eigenvalue weighted by molar-refractivity contribution is -0.136. The third kappa shape index (κ3) is 2.18. The van der Waals surface area contributed by atoms with Gasteiger partial charge in [0.25, 0.3) is 0 Å². The van der Waals surface area contributed by atoms with Gasteiger partial charge in [-0.3, -0.25) is 4.79 Å². The minimum absolute atomic E-state index is 0.117. The number of hydrogen-bond acceptors (Lipinski definition) is 2. The summed E-state index contributed by atoms with van der Waals surface area (Å²) in [6.45, 7) is 0. The fourth-order valence-electron chi connectivity index (χ4n) is 0.904. The highest BCUT2D eigenvalue weighted by atomic mass is 79.9. The topological polar surface area (TPSA) is 63.3 Å². The molecular formula is C8H7BrFNO2. The zero-order chi connectivity index (χ0) is 10.0. The highest BCUT2D eigenvalue weighted by Crippen LogP contribution is 2.25. The summed E-state index contributed by atoms with van der Waals surface area (Å²) >= 11 is 2.93. The second-order valence-corrected chi connectivity index (χ2v) is 3.31. The standard InChI is InChI=1S/C8H7BrFNO2/c9-7-5(11)2-1-4(8(7)10)3-6(12)13/h1-2H,3,11H2,(H,12,13). The molecule has 0 radical (unpaired) electrons. The van der Waals surface area contributed by atoms with Crippen LogP contribution in [0.5, 0.6) is 0 Å². The average Bonchev–Trinajstić information content (AvgIpc) is 2.06. The second kappa shape index (κ2) is 3.74. The van der Waals surface area contributed by atoms with Gasteiger partial charge < -0.3 is 10.8 Å². The van der Waals surface area contributed by atoms with Crippen molar-refractivity contribution < 1.29 is 14.3 Å². The van der Waals surface area contributed by atoms with Crippen molar-refractivity contribution in [3.05, 3.63) is 28.0 Å². The van der Waals surface area contributed by atoms with Gasteiger partial charge in [-0.05, 0) is 22.0 Å². The van der Waals surface area contributed by atoms with Crippen LogP contribution in [-0.4, -0.2) is 11.1 Å². The van der Waals surface area contributed by atoms with E-state index < -0.39 is 11.8 Å². The second-order valence-electron chi connectivity index (χ2n) is 2.51. The monoisotopic (exact) mass is 247 g/mol. The molecule has 0 saturated carbocycles. The summed E-state index contributed by atoms with van der Waals surface area (Å²) < 4.78 is 13.3. The lowest BCUT2D eigenvalue weighted by atomic mass is 10.1. The number of anilines is 1. The molecule has 0 aromatic heterocycles. The number of rotatable bonds is 2. The molecule has 0 saturated heterocycles. The molecule has 3 N–H and O–H groups in total. The number of hydrogen-bond donors (Lipinski definition) is 2. The van der Waals surface area contributed by atoms with E-state index in [1.54, 1.807) is 0 Å². The first-order valence-electron chi connectivity index (χ1n) is 3.46. The van der Waals surface area contributed by atoms with Gasteiger partial charge in [-0.1, -0.05) is 6.07 Å². The zero-order valence-electron chi connectivity index (χ0n) is 6.55. The molecule has 0 unspecified atom stereocenters. The highest BCUT2D eigenvalue weighted by molar-refractivity contribution is 9.10. The van der Waals surface area contributed by atoms with Crippen molar-refractivity contribution in [2.75, 3.05) is 5.73 Å². The molecule has 5 heteroatoms. The van der Waals surface area contributed by atoms with Crippen molar-refractivity contribution in [2.45, 2.75) is 6.42 Å². The van der Waals surface area contributed by atoms with Gasteiger partial charge in [-0.2, -0.15) is 0 Å². The van der Waals surface area contributed by atoms with Crippen molar-refractivity contribution in [1.29, 1.82) is 0 Å². The smallest absolute Gasteiger partial charge is 0.307 e. The van der Waals surface area contributed by atoms with Crippen molar-refractivity contribution >= 4 is 27.6 Å². The molecule has 0 atom stereocenters. The van der Waals surface area contributed by atoms with E-state index in [0.717, 1.165) is 0 Å². The van der Waals surface area contributed by atoms with Gasteiger partial charge in [0.15, 0.2) is 0 Å². The summed E-state index contributed by atoms with van der Waals surface area (Å²) in [6.07, 6.45) is -0.343. The molecule has 1 rings (SSSR count). The minimum atomic E-state index is -1.07. The largest absolute Gasteiger partial charge is 0.481 e. The van der Waals surface area contributed by atoms with Gasteiger partial charge >= 0.3 is 5.97 Å². The Balaban J connectivity index is 3.10. The Morgan fingerprint density at radius 2 is 2.23 bits per heavy atom. The van der Waals surface area contributed by atoms with Crippen molar-refractivity contribution in [1.82, 2.24) is 0 Å². The number of aliphatic carboxylic acids is 1. The molecular weight excluding hydrogens is 241 g/mol. The molecule has 0 bridgehead atoms. The van der Waals surface area contributed by atoms with Crippen LogP contribution in [0.3, 0.4) is 0 Å². The number of halogens is 2. The Bertz CT molecular complexity index is 354. The van der Waals surface area contributed by atoms with Crippen LogP contribution in [0.25, 0.3) is 0 Å². The normalized spacial score (nSPS) is 10.0. The van der Waals surface area contributed by atoms with E-state index in [0.29, 0.717) is 0 Å². The molecule has 0 amide bonds. The molecule has 0 aliphatic carbocycles. The summed E-state index contributed by atoms with van der Waals surface area (Å²) in [5.74, 6) is -1.68. The summed E-state index contributed by atoms with van der Waals surface area (Å²) in [7, 11) is 0. The fourth-order valence-corrected chi connectivity index (χ4v) is 1.29. The van der Waals surface area contributed by atoms with Crippen LogP contribution in [0.15, 0.2) is 16.6 Å². The molecule has 0 fully saturated rings. The summed E-state index contributed by atoms with van der Waals surface area (Å²) in [5, 5.41) is 8.44. The Morgan fingerprint density at radius 1 is 1.62 bits per heavy atom. The Labute approximate surface area is 82.5 Å². The lowest BCUT2D eigenvalue weighted by Crippen LogP contribution is -2.03. The maximum Gasteiger partial charge on any atom is 0.307 e. The van der Waals surface area contributed by atoms with Gasteiger partial charge in [0.2, 0.25) is 0 Å². The van der Waals surface area contributed by atoms with Gasteiger partial charge in [-0.15, -0.1) is 0 Å². The molecule has 1 aromatic rings. The fraction of sp³-hybridized carbons (Fsp3) is 0.125. The first-order chi connectivity index (χ1) is 6.02. The van der Waals surface area contributed by atoms with Crippen molar-refractivity contribution in [3.8, 4) is 0 Å². The maximum atomic E-state index is 13.2. The van der Waals surface area contributed by atoms with E-state index in [1.165, 1.54) is 12.1 Å². The molecule has 3 nitrogen and oxygen atoms in total. The van der Waals surface area contributed by atoms with E-state index in [-0.39, 0.29) is 22.1 Å². The van der Waals surface area contributed by atoms with Gasteiger partial charge in [-0.25, -0.2) is 4.39 Å². The third-order valence-corrected chi connectivity index (χ3v) is 2.34. The highest BCUT2D eigenvalue weighted by Gasteiger charge is 2.11. The van der Waals surface area contributed by atoms with Crippen LogP contribution >= 0.6 is 15.9 Å². The number of carbonyl (C=O) groups is 1. The lowest BCUT2D eigenvalue weighted by Gasteiger charge is -2.04. The van der Waals surface area contributed by atoms with Gasteiger partial charge in [0.1, 0.15) is 5.82 Å². The first-order valence-corrected chi connectivity index (χ1v) is 4.26. The summed E-state index contributed by atoms with van der Waals surface area (Å²) in [6, 6.07) is 2.83. The summed E-state index contributed by atoms with van der Waals surface area (Å²) in [4.78, 5) is 10.3. The van der Waals surface area contributed by atoms with E-state index in [1.807, 2.05) is 0 Å². The average molecular weight is 248 g/mol. The first kappa shape index (κ1) is 9.98. The van der Waals surface area contributed by atoms with Crippen molar-refractivity contribution in [3.63, 3.8) is 0 Å². The number of carboxylic acid groups (broad SMARTS) is 1. The van der Waals surface area contributed by atoms with E-state index in [9.17, 15) is 9.18 Å². The van der Waals surface area contributed by atoms with Gasteiger partial charge in [0, 0.05) is 11.3 Å². The molecule has 13 heavy (non-hydrogen) atoms. The molecule has 0 spiro atoms. The predicted octanol–water partition coefficient (Wildman–Crippen LogP) is 1.80. The molecule has 1 aromatic carbocycles. The molecule has 0 aliphatic heterocycles. The zero-order valence-corrected chi connectivity index (χ0v) is 8.14. The van der Waals surface area contributed by atoms with Gasteiger partial charge in [0.05, 0.1) is 10.9 Å². The Hall–Kier alpha value is -1.10. The third-order valence-electron chi connectivity index (χ3n) is 1.53.